The standard InChI is InChI=1S/C16H16FNO3/c1-10-7-11(3-6-15(10)21-2)9-18-14-8-12(16(19)20)4-5-13(14)17/h3-8,18H,9H2,1-2H3,(H,19,20). The van der Waals surface area contributed by atoms with Gasteiger partial charge in [0.1, 0.15) is 11.6 Å². The van der Waals surface area contributed by atoms with Gasteiger partial charge in [0.15, 0.2) is 0 Å². The van der Waals surface area contributed by atoms with Gasteiger partial charge < -0.3 is 15.2 Å². The second-order valence-electron chi connectivity index (χ2n) is 4.66. The average molecular weight is 289 g/mol. The van der Waals surface area contributed by atoms with Crippen molar-refractivity contribution in [3.63, 3.8) is 0 Å². The Morgan fingerprint density at radius 1 is 1.29 bits per heavy atom. The summed E-state index contributed by atoms with van der Waals surface area (Å²) in [7, 11) is 1.60. The van der Waals surface area contributed by atoms with Gasteiger partial charge in [-0.25, -0.2) is 9.18 Å². The van der Waals surface area contributed by atoms with E-state index in [0.29, 0.717) is 6.54 Å². The molecule has 2 aromatic rings. The zero-order valence-electron chi connectivity index (χ0n) is 11.8. The van der Waals surface area contributed by atoms with Gasteiger partial charge in [0.05, 0.1) is 18.4 Å². The number of methoxy groups -OCH3 is 1. The first-order valence-corrected chi connectivity index (χ1v) is 6.41. The van der Waals surface area contributed by atoms with Gasteiger partial charge in [-0.2, -0.15) is 0 Å². The Morgan fingerprint density at radius 3 is 2.67 bits per heavy atom. The van der Waals surface area contributed by atoms with Crippen LogP contribution >= 0.6 is 0 Å². The second-order valence-corrected chi connectivity index (χ2v) is 4.66. The fourth-order valence-corrected chi connectivity index (χ4v) is 2.04. The summed E-state index contributed by atoms with van der Waals surface area (Å²) in [5.74, 6) is -0.776. The predicted octanol–water partition coefficient (Wildman–Crippen LogP) is 3.45. The van der Waals surface area contributed by atoms with Crippen molar-refractivity contribution >= 4 is 11.7 Å². The first kappa shape index (κ1) is 14.8. The van der Waals surface area contributed by atoms with Gasteiger partial charge in [0.25, 0.3) is 0 Å². The summed E-state index contributed by atoms with van der Waals surface area (Å²) < 4.78 is 18.8. The summed E-state index contributed by atoms with van der Waals surface area (Å²) in [6.07, 6.45) is 0. The highest BCUT2D eigenvalue weighted by atomic mass is 19.1. The van der Waals surface area contributed by atoms with E-state index in [1.54, 1.807) is 7.11 Å². The molecule has 0 fully saturated rings. The highest BCUT2D eigenvalue weighted by Crippen LogP contribution is 2.21. The average Bonchev–Trinajstić information content (AvgIpc) is 2.46. The molecule has 2 aromatic carbocycles. The molecule has 0 aliphatic carbocycles. The van der Waals surface area contributed by atoms with Crippen LogP contribution in [-0.2, 0) is 6.54 Å². The summed E-state index contributed by atoms with van der Waals surface area (Å²) in [4.78, 5) is 10.9. The lowest BCUT2D eigenvalue weighted by atomic mass is 10.1. The molecule has 0 bridgehead atoms. The van der Waals surface area contributed by atoms with Crippen LogP contribution in [0.1, 0.15) is 21.5 Å². The molecule has 2 N–H and O–H groups in total. The van der Waals surface area contributed by atoms with Gasteiger partial charge in [-0.1, -0.05) is 12.1 Å². The molecular weight excluding hydrogens is 273 g/mol. The molecule has 0 spiro atoms. The molecule has 21 heavy (non-hydrogen) atoms. The lowest BCUT2D eigenvalue weighted by Gasteiger charge is -2.10. The molecule has 0 unspecified atom stereocenters. The minimum absolute atomic E-state index is 0.0461. The smallest absolute Gasteiger partial charge is 0.335 e. The van der Waals surface area contributed by atoms with Crippen LogP contribution in [0.4, 0.5) is 10.1 Å². The molecule has 0 saturated carbocycles. The van der Waals surface area contributed by atoms with Crippen molar-refractivity contribution in [1.82, 2.24) is 0 Å². The van der Waals surface area contributed by atoms with Gasteiger partial charge in [0.2, 0.25) is 0 Å². The first-order valence-electron chi connectivity index (χ1n) is 6.41. The van der Waals surface area contributed by atoms with E-state index in [2.05, 4.69) is 5.32 Å². The number of carboxylic acid groups (broad SMARTS) is 1. The summed E-state index contributed by atoms with van der Waals surface area (Å²) in [5.41, 5.74) is 2.15. The number of carbonyl (C=O) groups is 1. The molecular formula is C16H16FNO3. The maximum atomic E-state index is 13.7. The third-order valence-electron chi connectivity index (χ3n) is 3.16. The van der Waals surface area contributed by atoms with Crippen molar-refractivity contribution in [3.05, 3.63) is 58.9 Å². The molecule has 0 saturated heterocycles. The lowest BCUT2D eigenvalue weighted by Crippen LogP contribution is -2.04. The Morgan fingerprint density at radius 2 is 2.05 bits per heavy atom. The molecule has 110 valence electrons. The monoisotopic (exact) mass is 289 g/mol. The number of rotatable bonds is 5. The van der Waals surface area contributed by atoms with E-state index >= 15 is 0 Å². The van der Waals surface area contributed by atoms with Gasteiger partial charge in [-0.15, -0.1) is 0 Å². The zero-order chi connectivity index (χ0) is 15.4. The van der Waals surface area contributed by atoms with E-state index in [0.717, 1.165) is 22.9 Å². The number of benzene rings is 2. The van der Waals surface area contributed by atoms with Crippen molar-refractivity contribution in [2.75, 3.05) is 12.4 Å². The van der Waals surface area contributed by atoms with E-state index in [9.17, 15) is 9.18 Å². The predicted molar refractivity (Wildman–Crippen MR) is 78.4 cm³/mol. The number of nitrogens with one attached hydrogen (secondary N) is 1. The van der Waals surface area contributed by atoms with E-state index < -0.39 is 11.8 Å². The Hall–Kier alpha value is -2.56. The molecule has 4 nitrogen and oxygen atoms in total. The number of anilines is 1. The molecule has 0 atom stereocenters. The zero-order valence-corrected chi connectivity index (χ0v) is 11.8. The van der Waals surface area contributed by atoms with Crippen molar-refractivity contribution in [2.24, 2.45) is 0 Å². The van der Waals surface area contributed by atoms with E-state index in [-0.39, 0.29) is 11.3 Å². The van der Waals surface area contributed by atoms with Crippen molar-refractivity contribution in [1.29, 1.82) is 0 Å². The van der Waals surface area contributed by atoms with E-state index in [4.69, 9.17) is 9.84 Å². The molecule has 0 radical (unpaired) electrons. The van der Waals surface area contributed by atoms with Crippen molar-refractivity contribution in [3.8, 4) is 5.75 Å². The molecule has 0 amide bonds. The Balaban J connectivity index is 2.14. The summed E-state index contributed by atoms with van der Waals surface area (Å²) >= 11 is 0. The van der Waals surface area contributed by atoms with Crippen LogP contribution in [-0.4, -0.2) is 18.2 Å². The lowest BCUT2D eigenvalue weighted by molar-refractivity contribution is 0.0697. The van der Waals surface area contributed by atoms with Crippen LogP contribution in [0, 0.1) is 12.7 Å². The van der Waals surface area contributed by atoms with Crippen LogP contribution in [0.5, 0.6) is 5.75 Å². The largest absolute Gasteiger partial charge is 0.496 e. The van der Waals surface area contributed by atoms with Gasteiger partial charge >= 0.3 is 5.97 Å². The van der Waals surface area contributed by atoms with Crippen LogP contribution in [0.3, 0.4) is 0 Å². The maximum Gasteiger partial charge on any atom is 0.335 e. The van der Waals surface area contributed by atoms with Crippen LogP contribution in [0.2, 0.25) is 0 Å². The minimum Gasteiger partial charge on any atom is -0.496 e. The maximum absolute atomic E-state index is 13.7. The quantitative estimate of drug-likeness (QED) is 0.885. The van der Waals surface area contributed by atoms with E-state index in [1.165, 1.54) is 12.1 Å². The number of carboxylic acids is 1. The second kappa shape index (κ2) is 6.26. The van der Waals surface area contributed by atoms with Gasteiger partial charge in [0, 0.05) is 6.54 Å². The fourth-order valence-electron chi connectivity index (χ4n) is 2.04. The molecule has 0 aromatic heterocycles. The Labute approximate surface area is 122 Å². The Kier molecular flexibility index (Phi) is 4.42. The first-order chi connectivity index (χ1) is 10.0. The molecule has 0 aliphatic heterocycles. The third-order valence-corrected chi connectivity index (χ3v) is 3.16. The van der Waals surface area contributed by atoms with Crippen LogP contribution in [0.25, 0.3) is 0 Å². The topological polar surface area (TPSA) is 58.6 Å². The minimum atomic E-state index is -1.08. The number of aryl methyl sites for hydroxylation is 1. The number of aromatic carboxylic acids is 1. The summed E-state index contributed by atoms with van der Waals surface area (Å²) in [5, 5.41) is 11.8. The van der Waals surface area contributed by atoms with Crippen molar-refractivity contribution in [2.45, 2.75) is 13.5 Å². The fraction of sp³-hybridized carbons (Fsp3) is 0.188. The van der Waals surface area contributed by atoms with Gasteiger partial charge in [-0.3, -0.25) is 0 Å². The van der Waals surface area contributed by atoms with Gasteiger partial charge in [-0.05, 0) is 42.3 Å². The van der Waals surface area contributed by atoms with E-state index in [1.807, 2.05) is 25.1 Å². The number of hydrogen-bond donors (Lipinski definition) is 2. The van der Waals surface area contributed by atoms with Crippen molar-refractivity contribution < 1.29 is 19.0 Å². The van der Waals surface area contributed by atoms with Crippen LogP contribution < -0.4 is 10.1 Å². The number of halogens is 1. The normalized spacial score (nSPS) is 10.2. The van der Waals surface area contributed by atoms with Crippen LogP contribution in [0.15, 0.2) is 36.4 Å². The summed E-state index contributed by atoms with van der Waals surface area (Å²) in [6, 6.07) is 9.32. The molecule has 0 aliphatic rings. The molecule has 2 rings (SSSR count). The Bertz CT molecular complexity index is 671. The highest BCUT2D eigenvalue weighted by molar-refractivity contribution is 5.88. The third kappa shape index (κ3) is 3.51. The molecule has 5 heteroatoms. The number of ether oxygens (including phenoxy) is 1. The summed E-state index contributed by atoms with van der Waals surface area (Å²) in [6.45, 7) is 2.32. The molecule has 0 heterocycles. The highest BCUT2D eigenvalue weighted by Gasteiger charge is 2.08. The SMILES string of the molecule is COc1ccc(CNc2cc(C(=O)O)ccc2F)cc1C. The number of hydrogen-bond acceptors (Lipinski definition) is 3.